The fourth-order valence-electron chi connectivity index (χ4n) is 3.86. The fourth-order valence-corrected chi connectivity index (χ4v) is 3.86. The topological polar surface area (TPSA) is 92.1 Å². The summed E-state index contributed by atoms with van der Waals surface area (Å²) in [5.74, 6) is 0.546. The van der Waals surface area contributed by atoms with Crippen LogP contribution in [0.2, 0.25) is 0 Å². The van der Waals surface area contributed by atoms with Gasteiger partial charge >= 0.3 is 6.03 Å². The van der Waals surface area contributed by atoms with Gasteiger partial charge in [0, 0.05) is 11.3 Å². The quantitative estimate of drug-likeness (QED) is 0.599. The van der Waals surface area contributed by atoms with E-state index in [1.165, 1.54) is 0 Å². The Morgan fingerprint density at radius 2 is 1.71 bits per heavy atom. The van der Waals surface area contributed by atoms with E-state index in [4.69, 9.17) is 4.74 Å². The molecule has 3 aromatic rings. The van der Waals surface area contributed by atoms with Gasteiger partial charge in [0.25, 0.3) is 0 Å². The summed E-state index contributed by atoms with van der Waals surface area (Å²) in [5, 5.41) is 14.2. The SMILES string of the molecule is COc1ccc(C2=C3C(=O)c4c(NC(=O)Nc5ccccc5)cccc4C3N=N2)cc1. The summed E-state index contributed by atoms with van der Waals surface area (Å²) < 4.78 is 5.20. The number of ether oxygens (including phenoxy) is 1. The lowest BCUT2D eigenvalue weighted by Crippen LogP contribution is -2.20. The standard InChI is InChI=1S/C24H18N4O3/c1-31-16-12-10-14(11-13-16)21-20-22(28-27-21)17-8-5-9-18(19(17)23(20)29)26-24(30)25-15-6-3-2-4-7-15/h2-13,22H,1H3,(H2,25,26,30). The summed E-state index contributed by atoms with van der Waals surface area (Å²) in [4.78, 5) is 25.9. The minimum Gasteiger partial charge on any atom is -0.497 e. The van der Waals surface area contributed by atoms with Gasteiger partial charge < -0.3 is 15.4 Å². The molecular weight excluding hydrogens is 392 g/mol. The van der Waals surface area contributed by atoms with Crippen LogP contribution in [0, 0.1) is 0 Å². The summed E-state index contributed by atoms with van der Waals surface area (Å²) in [6.07, 6.45) is 0. The second-order valence-electron chi connectivity index (χ2n) is 7.15. The maximum atomic E-state index is 13.4. The highest BCUT2D eigenvalue weighted by Gasteiger charge is 2.42. The van der Waals surface area contributed by atoms with E-state index >= 15 is 0 Å². The molecule has 0 bridgehead atoms. The normalized spacial score (nSPS) is 16.2. The van der Waals surface area contributed by atoms with Gasteiger partial charge in [-0.25, -0.2) is 4.79 Å². The van der Waals surface area contributed by atoms with E-state index in [0.717, 1.165) is 16.9 Å². The van der Waals surface area contributed by atoms with Gasteiger partial charge in [-0.3, -0.25) is 4.79 Å². The molecule has 7 heteroatoms. The van der Waals surface area contributed by atoms with Gasteiger partial charge in [0.05, 0.1) is 23.9 Å². The van der Waals surface area contributed by atoms with Crippen molar-refractivity contribution in [2.45, 2.75) is 6.04 Å². The molecule has 0 saturated carbocycles. The minimum absolute atomic E-state index is 0.175. The van der Waals surface area contributed by atoms with Crippen molar-refractivity contribution >= 4 is 28.9 Å². The summed E-state index contributed by atoms with van der Waals surface area (Å²) >= 11 is 0. The van der Waals surface area contributed by atoms with E-state index < -0.39 is 12.1 Å². The maximum absolute atomic E-state index is 13.4. The van der Waals surface area contributed by atoms with Gasteiger partial charge in [0.2, 0.25) is 0 Å². The molecule has 31 heavy (non-hydrogen) atoms. The lowest BCUT2D eigenvalue weighted by atomic mass is 10.0. The van der Waals surface area contributed by atoms with Crippen LogP contribution in [0.15, 0.2) is 88.6 Å². The highest BCUT2D eigenvalue weighted by atomic mass is 16.5. The second-order valence-corrected chi connectivity index (χ2v) is 7.15. The number of para-hydroxylation sites is 1. The summed E-state index contributed by atoms with van der Waals surface area (Å²) in [7, 11) is 1.60. The number of fused-ring (bicyclic) bond motifs is 3. The zero-order valence-electron chi connectivity index (χ0n) is 16.6. The second kappa shape index (κ2) is 7.53. The smallest absolute Gasteiger partial charge is 0.323 e. The minimum atomic E-state index is -0.460. The van der Waals surface area contributed by atoms with Crippen LogP contribution in [-0.4, -0.2) is 18.9 Å². The summed E-state index contributed by atoms with van der Waals surface area (Å²) in [5.41, 5.74) is 4.17. The molecule has 0 spiro atoms. The van der Waals surface area contributed by atoms with Crippen molar-refractivity contribution in [2.75, 3.05) is 17.7 Å². The molecule has 1 aliphatic carbocycles. The number of ketones is 1. The Bertz CT molecular complexity index is 1250. The molecule has 7 nitrogen and oxygen atoms in total. The molecule has 2 N–H and O–H groups in total. The van der Waals surface area contributed by atoms with E-state index in [1.54, 1.807) is 31.4 Å². The number of hydrogen-bond donors (Lipinski definition) is 2. The molecule has 2 aliphatic rings. The Morgan fingerprint density at radius 3 is 2.45 bits per heavy atom. The van der Waals surface area contributed by atoms with Crippen LogP contribution in [0.1, 0.15) is 27.5 Å². The molecule has 5 rings (SSSR count). The Balaban J connectivity index is 1.47. The Morgan fingerprint density at radius 1 is 0.935 bits per heavy atom. The Hall–Kier alpha value is -4.26. The highest BCUT2D eigenvalue weighted by molar-refractivity contribution is 6.22. The number of anilines is 2. The Kier molecular flexibility index (Phi) is 4.55. The number of carbonyl (C=O) groups excluding carboxylic acids is 2. The van der Waals surface area contributed by atoms with Gasteiger partial charge in [0.15, 0.2) is 5.78 Å². The number of amides is 2. The number of carbonyl (C=O) groups is 2. The number of rotatable bonds is 4. The number of hydrogen-bond acceptors (Lipinski definition) is 5. The molecule has 0 aromatic heterocycles. The first-order valence-electron chi connectivity index (χ1n) is 9.76. The number of benzene rings is 3. The number of nitrogens with zero attached hydrogens (tertiary/aromatic N) is 2. The van der Waals surface area contributed by atoms with Crippen LogP contribution < -0.4 is 15.4 Å². The predicted molar refractivity (Wildman–Crippen MR) is 117 cm³/mol. The first-order chi connectivity index (χ1) is 15.2. The monoisotopic (exact) mass is 410 g/mol. The first-order valence-corrected chi connectivity index (χ1v) is 9.76. The van der Waals surface area contributed by atoms with E-state index in [1.807, 2.05) is 48.5 Å². The number of Topliss-reactive ketones (excluding diaryl/α,β-unsaturated/α-hetero) is 1. The van der Waals surface area contributed by atoms with E-state index in [9.17, 15) is 9.59 Å². The van der Waals surface area contributed by atoms with E-state index in [2.05, 4.69) is 20.9 Å². The maximum Gasteiger partial charge on any atom is 0.323 e. The molecule has 0 radical (unpaired) electrons. The first kappa shape index (κ1) is 18.7. The molecule has 0 saturated heterocycles. The van der Waals surface area contributed by atoms with Crippen molar-refractivity contribution in [2.24, 2.45) is 10.2 Å². The lowest BCUT2D eigenvalue weighted by molar-refractivity contribution is 0.103. The molecule has 1 atom stereocenters. The van der Waals surface area contributed by atoms with E-state index in [0.29, 0.717) is 28.2 Å². The van der Waals surface area contributed by atoms with Crippen molar-refractivity contribution in [3.05, 3.63) is 95.1 Å². The predicted octanol–water partition coefficient (Wildman–Crippen LogP) is 5.45. The highest BCUT2D eigenvalue weighted by Crippen LogP contribution is 2.49. The summed E-state index contributed by atoms with van der Waals surface area (Å²) in [6.45, 7) is 0. The molecule has 1 unspecified atom stereocenters. The molecule has 1 heterocycles. The molecule has 1 aliphatic heterocycles. The van der Waals surface area contributed by atoms with Gasteiger partial charge in [-0.1, -0.05) is 30.3 Å². The number of nitrogens with one attached hydrogen (secondary N) is 2. The molecule has 152 valence electrons. The van der Waals surface area contributed by atoms with Gasteiger partial charge in [-0.05, 0) is 48.0 Å². The van der Waals surface area contributed by atoms with Crippen molar-refractivity contribution in [3.8, 4) is 5.75 Å². The van der Waals surface area contributed by atoms with Crippen LogP contribution >= 0.6 is 0 Å². The molecule has 0 fully saturated rings. The largest absolute Gasteiger partial charge is 0.497 e. The zero-order valence-corrected chi connectivity index (χ0v) is 16.6. The van der Waals surface area contributed by atoms with Crippen LogP contribution in [0.25, 0.3) is 5.70 Å². The summed E-state index contributed by atoms with van der Waals surface area (Å²) in [6, 6.07) is 20.9. The third-order valence-corrected chi connectivity index (χ3v) is 5.31. The third-order valence-electron chi connectivity index (χ3n) is 5.31. The number of azo groups is 1. The average Bonchev–Trinajstić information content (AvgIpc) is 3.35. The third kappa shape index (κ3) is 3.26. The van der Waals surface area contributed by atoms with Crippen LogP contribution in [0.4, 0.5) is 16.2 Å². The van der Waals surface area contributed by atoms with Crippen molar-refractivity contribution in [3.63, 3.8) is 0 Å². The number of methoxy groups -OCH3 is 1. The Labute approximate surface area is 178 Å². The molecule has 2 amide bonds. The average molecular weight is 410 g/mol. The van der Waals surface area contributed by atoms with Crippen molar-refractivity contribution in [1.29, 1.82) is 0 Å². The lowest BCUT2D eigenvalue weighted by Gasteiger charge is -2.11. The van der Waals surface area contributed by atoms with Crippen LogP contribution in [0.3, 0.4) is 0 Å². The van der Waals surface area contributed by atoms with E-state index in [-0.39, 0.29) is 5.78 Å². The fraction of sp³-hybridized carbons (Fsp3) is 0.0833. The van der Waals surface area contributed by atoms with Gasteiger partial charge in [-0.2, -0.15) is 10.2 Å². The zero-order chi connectivity index (χ0) is 21.4. The van der Waals surface area contributed by atoms with Gasteiger partial charge in [0.1, 0.15) is 17.5 Å². The number of urea groups is 1. The van der Waals surface area contributed by atoms with Crippen LogP contribution in [0.5, 0.6) is 5.75 Å². The molecular formula is C24H18N4O3. The van der Waals surface area contributed by atoms with Crippen molar-refractivity contribution in [1.82, 2.24) is 0 Å². The van der Waals surface area contributed by atoms with Crippen molar-refractivity contribution < 1.29 is 14.3 Å². The van der Waals surface area contributed by atoms with Crippen LogP contribution in [-0.2, 0) is 0 Å². The molecule has 3 aromatic carbocycles. The van der Waals surface area contributed by atoms with Gasteiger partial charge in [-0.15, -0.1) is 0 Å².